The smallest absolute Gasteiger partial charge is 0.252 e. The Hall–Kier alpha value is -1.63. The fraction of sp³-hybridized carbons (Fsp3) is 0.632. The first kappa shape index (κ1) is 21.4. The molecule has 0 saturated carbocycles. The van der Waals surface area contributed by atoms with Gasteiger partial charge in [0.15, 0.2) is 0 Å². The molecule has 25 heavy (non-hydrogen) atoms. The largest absolute Gasteiger partial charge is 0.491 e. The lowest BCUT2D eigenvalue weighted by molar-refractivity contribution is 0.0124. The van der Waals surface area contributed by atoms with Crippen LogP contribution in [0.2, 0.25) is 0 Å². The number of nitrogens with one attached hydrogen (secondary N) is 2. The fourth-order valence-corrected chi connectivity index (χ4v) is 1.88. The number of rotatable bonds is 11. The molecule has 6 nitrogen and oxygen atoms in total. The maximum absolute atomic E-state index is 12.1. The average Bonchev–Trinajstić information content (AvgIpc) is 2.52. The molecule has 0 aliphatic rings. The zero-order valence-corrected chi connectivity index (χ0v) is 16.1. The van der Waals surface area contributed by atoms with Crippen molar-refractivity contribution in [2.45, 2.75) is 46.3 Å². The Labute approximate surface area is 151 Å². The summed E-state index contributed by atoms with van der Waals surface area (Å²) in [6.45, 7) is 12.6. The van der Waals surface area contributed by atoms with E-state index < -0.39 is 0 Å². The van der Waals surface area contributed by atoms with E-state index in [2.05, 4.69) is 10.6 Å². The van der Waals surface area contributed by atoms with Gasteiger partial charge in [-0.15, -0.1) is 0 Å². The van der Waals surface area contributed by atoms with Crippen molar-refractivity contribution in [1.82, 2.24) is 10.6 Å². The van der Waals surface area contributed by atoms with Crippen LogP contribution >= 0.6 is 0 Å². The highest BCUT2D eigenvalue weighted by Gasteiger charge is 2.10. The summed E-state index contributed by atoms with van der Waals surface area (Å²) in [5.74, 6) is 0.516. The summed E-state index contributed by atoms with van der Waals surface area (Å²) >= 11 is 0. The standard InChI is InChI=1S/C19H32N2O4/c1-15(2)24-11-9-23-10-12-25-17-8-6-7-16(13-17)18(22)20-14-21-19(3,4)5/h6-8,13,15,21H,9-12,14H2,1-5H3,(H,20,22). The van der Waals surface area contributed by atoms with Gasteiger partial charge in [0.05, 0.1) is 32.6 Å². The number of carbonyl (C=O) groups is 1. The number of amides is 1. The van der Waals surface area contributed by atoms with Gasteiger partial charge in [0.2, 0.25) is 0 Å². The molecule has 0 fully saturated rings. The highest BCUT2D eigenvalue weighted by atomic mass is 16.5. The van der Waals surface area contributed by atoms with E-state index in [1.807, 2.05) is 40.7 Å². The zero-order chi connectivity index (χ0) is 18.7. The van der Waals surface area contributed by atoms with Gasteiger partial charge in [-0.25, -0.2) is 0 Å². The van der Waals surface area contributed by atoms with E-state index in [9.17, 15) is 4.79 Å². The second-order valence-electron chi connectivity index (χ2n) is 7.02. The number of hydrogen-bond donors (Lipinski definition) is 2. The van der Waals surface area contributed by atoms with Crippen LogP contribution in [0.25, 0.3) is 0 Å². The Morgan fingerprint density at radius 3 is 2.52 bits per heavy atom. The molecule has 142 valence electrons. The minimum Gasteiger partial charge on any atom is -0.491 e. The number of carbonyl (C=O) groups excluding carboxylic acids is 1. The van der Waals surface area contributed by atoms with Crippen molar-refractivity contribution in [3.05, 3.63) is 29.8 Å². The molecule has 1 aromatic rings. The van der Waals surface area contributed by atoms with E-state index >= 15 is 0 Å². The first-order chi connectivity index (χ1) is 11.8. The second-order valence-corrected chi connectivity index (χ2v) is 7.02. The number of hydrogen-bond acceptors (Lipinski definition) is 5. The van der Waals surface area contributed by atoms with E-state index in [1.165, 1.54) is 0 Å². The van der Waals surface area contributed by atoms with Gasteiger partial charge in [-0.3, -0.25) is 10.1 Å². The third-order valence-electron chi connectivity index (χ3n) is 3.14. The van der Waals surface area contributed by atoms with Crippen molar-refractivity contribution >= 4 is 5.91 Å². The lowest BCUT2D eigenvalue weighted by Crippen LogP contribution is -2.43. The van der Waals surface area contributed by atoms with Gasteiger partial charge in [0, 0.05) is 11.1 Å². The van der Waals surface area contributed by atoms with E-state index in [0.29, 0.717) is 44.4 Å². The lowest BCUT2D eigenvalue weighted by Gasteiger charge is -2.20. The van der Waals surface area contributed by atoms with Crippen molar-refractivity contribution in [2.24, 2.45) is 0 Å². The first-order valence-corrected chi connectivity index (χ1v) is 8.73. The van der Waals surface area contributed by atoms with Gasteiger partial charge < -0.3 is 19.5 Å². The molecule has 0 heterocycles. The van der Waals surface area contributed by atoms with Crippen molar-refractivity contribution < 1.29 is 19.0 Å². The molecule has 0 atom stereocenters. The van der Waals surface area contributed by atoms with Crippen LogP contribution in [0, 0.1) is 0 Å². The summed E-state index contributed by atoms with van der Waals surface area (Å²) in [7, 11) is 0. The Bertz CT molecular complexity index is 512. The molecular weight excluding hydrogens is 320 g/mol. The second kappa shape index (κ2) is 11.1. The van der Waals surface area contributed by atoms with Crippen LogP contribution in [-0.2, 0) is 9.47 Å². The van der Waals surface area contributed by atoms with Crippen LogP contribution < -0.4 is 15.4 Å². The maximum atomic E-state index is 12.1. The van der Waals surface area contributed by atoms with E-state index in [1.54, 1.807) is 18.2 Å². The van der Waals surface area contributed by atoms with Crippen LogP contribution in [0.5, 0.6) is 5.75 Å². The van der Waals surface area contributed by atoms with Crippen LogP contribution in [-0.4, -0.2) is 50.6 Å². The van der Waals surface area contributed by atoms with Crippen LogP contribution in [0.3, 0.4) is 0 Å². The first-order valence-electron chi connectivity index (χ1n) is 8.73. The van der Waals surface area contributed by atoms with Gasteiger partial charge in [-0.2, -0.15) is 0 Å². The molecule has 0 aromatic heterocycles. The molecule has 1 rings (SSSR count). The molecule has 2 N–H and O–H groups in total. The third kappa shape index (κ3) is 10.8. The van der Waals surface area contributed by atoms with Crippen LogP contribution in [0.1, 0.15) is 45.0 Å². The molecule has 1 aromatic carbocycles. The van der Waals surface area contributed by atoms with Gasteiger partial charge in [0.1, 0.15) is 12.4 Å². The number of benzene rings is 1. The Morgan fingerprint density at radius 2 is 1.84 bits per heavy atom. The fourth-order valence-electron chi connectivity index (χ4n) is 1.88. The van der Waals surface area contributed by atoms with Crippen molar-refractivity contribution in [2.75, 3.05) is 33.1 Å². The van der Waals surface area contributed by atoms with Crippen LogP contribution in [0.4, 0.5) is 0 Å². The predicted molar refractivity (Wildman–Crippen MR) is 99.1 cm³/mol. The summed E-state index contributed by atoms with van der Waals surface area (Å²) in [4.78, 5) is 12.1. The molecule has 0 aliphatic carbocycles. The third-order valence-corrected chi connectivity index (χ3v) is 3.14. The highest BCUT2D eigenvalue weighted by molar-refractivity contribution is 5.94. The highest BCUT2D eigenvalue weighted by Crippen LogP contribution is 2.13. The summed E-state index contributed by atoms with van der Waals surface area (Å²) in [6, 6.07) is 7.12. The van der Waals surface area contributed by atoms with Gasteiger partial charge in [-0.1, -0.05) is 6.07 Å². The Morgan fingerprint density at radius 1 is 1.12 bits per heavy atom. The predicted octanol–water partition coefficient (Wildman–Crippen LogP) is 2.58. The molecule has 1 amide bonds. The van der Waals surface area contributed by atoms with Crippen molar-refractivity contribution in [1.29, 1.82) is 0 Å². The average molecular weight is 352 g/mol. The monoisotopic (exact) mass is 352 g/mol. The normalized spacial score (nSPS) is 11.6. The van der Waals surface area contributed by atoms with Gasteiger partial charge >= 0.3 is 0 Å². The molecule has 6 heteroatoms. The Kier molecular flexibility index (Phi) is 9.49. The molecular formula is C19H32N2O4. The van der Waals surface area contributed by atoms with Crippen LogP contribution in [0.15, 0.2) is 24.3 Å². The quantitative estimate of drug-likeness (QED) is 0.473. The van der Waals surface area contributed by atoms with E-state index in [4.69, 9.17) is 14.2 Å². The maximum Gasteiger partial charge on any atom is 0.252 e. The summed E-state index contributed by atoms with van der Waals surface area (Å²) in [6.07, 6.45) is 0.215. The molecule has 0 saturated heterocycles. The molecule has 0 bridgehead atoms. The molecule has 0 spiro atoms. The molecule has 0 radical (unpaired) electrons. The summed E-state index contributed by atoms with van der Waals surface area (Å²) in [5, 5.41) is 6.05. The van der Waals surface area contributed by atoms with Gasteiger partial charge in [-0.05, 0) is 52.8 Å². The van der Waals surface area contributed by atoms with Crippen molar-refractivity contribution in [3.8, 4) is 5.75 Å². The van der Waals surface area contributed by atoms with E-state index in [-0.39, 0.29) is 17.6 Å². The zero-order valence-electron chi connectivity index (χ0n) is 16.1. The van der Waals surface area contributed by atoms with E-state index in [0.717, 1.165) is 0 Å². The topological polar surface area (TPSA) is 68.8 Å². The molecule has 0 unspecified atom stereocenters. The summed E-state index contributed by atoms with van der Waals surface area (Å²) in [5.41, 5.74) is 0.526. The van der Waals surface area contributed by atoms with Gasteiger partial charge in [0.25, 0.3) is 5.91 Å². The van der Waals surface area contributed by atoms with Crippen molar-refractivity contribution in [3.63, 3.8) is 0 Å². The SMILES string of the molecule is CC(C)OCCOCCOc1cccc(C(=O)NCNC(C)(C)C)c1. The number of ether oxygens (including phenoxy) is 3. The lowest BCUT2D eigenvalue weighted by atomic mass is 10.1. The molecule has 0 aliphatic heterocycles. The Balaban J connectivity index is 2.28. The summed E-state index contributed by atoms with van der Waals surface area (Å²) < 4.78 is 16.4. The minimum atomic E-state index is -0.135. The minimum absolute atomic E-state index is 0.0432.